The topological polar surface area (TPSA) is 86.6 Å². The fourth-order valence-corrected chi connectivity index (χ4v) is 3.55. The molecule has 31 heavy (non-hydrogen) atoms. The van der Waals surface area contributed by atoms with Gasteiger partial charge in [-0.05, 0) is 30.4 Å². The van der Waals surface area contributed by atoms with E-state index in [1.54, 1.807) is 0 Å². The van der Waals surface area contributed by atoms with E-state index in [0.29, 0.717) is 13.0 Å². The molecule has 1 amide bonds. The SMILES string of the molecule is O=CCCCCCCCCCCCCCCCNC(=O)c1c(F)cc(B(O)O)cc1F. The van der Waals surface area contributed by atoms with Crippen LogP contribution in [0.3, 0.4) is 0 Å². The number of unbranched alkanes of at least 4 members (excludes halogenated alkanes) is 13. The van der Waals surface area contributed by atoms with Crippen LogP contribution < -0.4 is 10.8 Å². The van der Waals surface area contributed by atoms with E-state index in [1.165, 1.54) is 44.9 Å². The summed E-state index contributed by atoms with van der Waals surface area (Å²) < 4.78 is 27.8. The van der Waals surface area contributed by atoms with Crippen molar-refractivity contribution in [1.29, 1.82) is 0 Å². The summed E-state index contributed by atoms with van der Waals surface area (Å²) in [7, 11) is -1.99. The summed E-state index contributed by atoms with van der Waals surface area (Å²) in [6.07, 6.45) is 16.5. The van der Waals surface area contributed by atoms with Crippen LogP contribution in [0.1, 0.15) is 100 Å². The normalized spacial score (nSPS) is 10.8. The van der Waals surface area contributed by atoms with E-state index in [1.807, 2.05) is 0 Å². The predicted molar refractivity (Wildman–Crippen MR) is 119 cm³/mol. The van der Waals surface area contributed by atoms with E-state index < -0.39 is 30.2 Å². The molecule has 174 valence electrons. The van der Waals surface area contributed by atoms with Crippen molar-refractivity contribution in [2.24, 2.45) is 0 Å². The third-order valence-corrected chi connectivity index (χ3v) is 5.37. The summed E-state index contributed by atoms with van der Waals surface area (Å²) in [6.45, 7) is 0.342. The van der Waals surface area contributed by atoms with Crippen molar-refractivity contribution in [3.63, 3.8) is 0 Å². The first kappa shape index (κ1) is 27.2. The maximum Gasteiger partial charge on any atom is 0.488 e. The number of rotatable bonds is 18. The first-order valence-corrected chi connectivity index (χ1v) is 11.5. The summed E-state index contributed by atoms with van der Waals surface area (Å²) in [5.41, 5.74) is -1.04. The van der Waals surface area contributed by atoms with Gasteiger partial charge < -0.3 is 20.2 Å². The van der Waals surface area contributed by atoms with E-state index in [0.717, 1.165) is 56.9 Å². The second-order valence-electron chi connectivity index (χ2n) is 8.04. The molecule has 0 bridgehead atoms. The average molecular weight is 439 g/mol. The fraction of sp³-hybridized carbons (Fsp3) is 0.652. The number of amides is 1. The molecule has 1 aromatic carbocycles. The minimum atomic E-state index is -1.99. The lowest BCUT2D eigenvalue weighted by Crippen LogP contribution is -2.33. The van der Waals surface area contributed by atoms with Gasteiger partial charge in [-0.25, -0.2) is 8.78 Å². The molecule has 0 fully saturated rings. The second kappa shape index (κ2) is 16.8. The predicted octanol–water partition coefficient (Wildman–Crippen LogP) is 4.03. The maximum atomic E-state index is 13.9. The van der Waals surface area contributed by atoms with Gasteiger partial charge in [0.2, 0.25) is 0 Å². The number of halogens is 2. The zero-order chi connectivity index (χ0) is 22.9. The van der Waals surface area contributed by atoms with E-state index in [2.05, 4.69) is 5.32 Å². The molecule has 0 radical (unpaired) electrons. The van der Waals surface area contributed by atoms with E-state index in [-0.39, 0.29) is 5.46 Å². The molecule has 0 aromatic heterocycles. The molecule has 0 unspecified atom stereocenters. The van der Waals surface area contributed by atoms with Crippen molar-refractivity contribution in [1.82, 2.24) is 5.32 Å². The Hall–Kier alpha value is -1.80. The summed E-state index contributed by atoms with van der Waals surface area (Å²) in [5, 5.41) is 20.5. The van der Waals surface area contributed by atoms with Gasteiger partial charge in [-0.2, -0.15) is 0 Å². The number of benzene rings is 1. The number of aldehydes is 1. The summed E-state index contributed by atoms with van der Waals surface area (Å²) in [4.78, 5) is 22.2. The molecular weight excluding hydrogens is 403 g/mol. The van der Waals surface area contributed by atoms with Crippen molar-refractivity contribution in [3.05, 3.63) is 29.3 Å². The van der Waals surface area contributed by atoms with Crippen LogP contribution in [-0.4, -0.2) is 35.9 Å². The standard InChI is InChI=1S/C23H36BF2NO4/c25-20-17-19(24(30)31)18-21(26)22(20)23(29)27-15-13-11-9-7-5-3-1-2-4-6-8-10-12-14-16-28/h16-18,30-31H,1-15H2,(H,27,29). The second-order valence-corrected chi connectivity index (χ2v) is 8.04. The summed E-state index contributed by atoms with van der Waals surface area (Å²) in [5.74, 6) is -3.06. The minimum absolute atomic E-state index is 0.336. The van der Waals surface area contributed by atoms with Crippen molar-refractivity contribution >= 4 is 24.8 Å². The third kappa shape index (κ3) is 12.0. The molecule has 0 saturated carbocycles. The minimum Gasteiger partial charge on any atom is -0.423 e. The van der Waals surface area contributed by atoms with Gasteiger partial charge in [-0.15, -0.1) is 0 Å². The summed E-state index contributed by atoms with van der Waals surface area (Å²) >= 11 is 0. The molecule has 1 rings (SSSR count). The van der Waals surface area contributed by atoms with Crippen LogP contribution >= 0.6 is 0 Å². The highest BCUT2D eigenvalue weighted by Crippen LogP contribution is 2.13. The molecule has 5 nitrogen and oxygen atoms in total. The third-order valence-electron chi connectivity index (χ3n) is 5.37. The quantitative estimate of drug-likeness (QED) is 0.183. The van der Waals surface area contributed by atoms with Gasteiger partial charge in [-0.1, -0.05) is 70.6 Å². The fourth-order valence-electron chi connectivity index (χ4n) is 3.55. The highest BCUT2D eigenvalue weighted by atomic mass is 19.1. The largest absolute Gasteiger partial charge is 0.488 e. The first-order chi connectivity index (χ1) is 15.0. The molecule has 8 heteroatoms. The molecule has 3 N–H and O–H groups in total. The van der Waals surface area contributed by atoms with Gasteiger partial charge in [0.15, 0.2) is 0 Å². The lowest BCUT2D eigenvalue weighted by molar-refractivity contribution is -0.107. The van der Waals surface area contributed by atoms with Crippen LogP contribution in [-0.2, 0) is 4.79 Å². The number of carbonyl (C=O) groups is 2. The Morgan fingerprint density at radius 2 is 1.23 bits per heavy atom. The molecule has 0 aliphatic heterocycles. The van der Waals surface area contributed by atoms with E-state index in [9.17, 15) is 18.4 Å². The number of hydrogen-bond acceptors (Lipinski definition) is 4. The molecule has 0 aliphatic rings. The van der Waals surface area contributed by atoms with Gasteiger partial charge in [0.1, 0.15) is 23.5 Å². The van der Waals surface area contributed by atoms with Crippen molar-refractivity contribution in [2.75, 3.05) is 6.54 Å². The van der Waals surface area contributed by atoms with Crippen LogP contribution in [0.4, 0.5) is 8.78 Å². The van der Waals surface area contributed by atoms with Crippen molar-refractivity contribution in [2.45, 2.75) is 89.9 Å². The molecule has 0 spiro atoms. The molecule has 0 aliphatic carbocycles. The molecule has 0 atom stereocenters. The average Bonchev–Trinajstić information content (AvgIpc) is 2.72. The Balaban J connectivity index is 2.01. The highest BCUT2D eigenvalue weighted by Gasteiger charge is 2.22. The Morgan fingerprint density at radius 1 is 0.806 bits per heavy atom. The zero-order valence-corrected chi connectivity index (χ0v) is 18.4. The Bertz CT molecular complexity index is 635. The number of hydrogen-bond donors (Lipinski definition) is 3. The number of nitrogens with one attached hydrogen (secondary N) is 1. The monoisotopic (exact) mass is 439 g/mol. The van der Waals surface area contributed by atoms with E-state index in [4.69, 9.17) is 10.0 Å². The smallest absolute Gasteiger partial charge is 0.423 e. The van der Waals surface area contributed by atoms with Crippen LogP contribution in [0.25, 0.3) is 0 Å². The molecule has 1 aromatic rings. The van der Waals surface area contributed by atoms with Crippen LogP contribution in [0, 0.1) is 11.6 Å². The summed E-state index contributed by atoms with van der Waals surface area (Å²) in [6, 6.07) is 1.50. The Morgan fingerprint density at radius 3 is 1.65 bits per heavy atom. The Labute approximate surface area is 184 Å². The van der Waals surface area contributed by atoms with Gasteiger partial charge in [0.25, 0.3) is 5.91 Å². The van der Waals surface area contributed by atoms with Crippen molar-refractivity contribution in [3.8, 4) is 0 Å². The van der Waals surface area contributed by atoms with Gasteiger partial charge >= 0.3 is 7.12 Å². The molecule has 0 heterocycles. The van der Waals surface area contributed by atoms with Gasteiger partial charge in [0, 0.05) is 13.0 Å². The lowest BCUT2D eigenvalue weighted by atomic mass is 9.79. The molecule has 0 saturated heterocycles. The number of carbonyl (C=O) groups excluding carboxylic acids is 2. The maximum absolute atomic E-state index is 13.9. The molecular formula is C23H36BF2NO4. The van der Waals surface area contributed by atoms with Crippen LogP contribution in [0.15, 0.2) is 12.1 Å². The highest BCUT2D eigenvalue weighted by molar-refractivity contribution is 6.58. The van der Waals surface area contributed by atoms with Crippen LogP contribution in [0.2, 0.25) is 0 Å². The van der Waals surface area contributed by atoms with Gasteiger partial charge in [0.05, 0.1) is 0 Å². The van der Waals surface area contributed by atoms with Crippen molar-refractivity contribution < 1.29 is 28.4 Å². The Kier molecular flexibility index (Phi) is 14.8. The zero-order valence-electron chi connectivity index (χ0n) is 18.4. The lowest BCUT2D eigenvalue weighted by Gasteiger charge is -2.09. The van der Waals surface area contributed by atoms with Gasteiger partial charge in [-0.3, -0.25) is 4.79 Å². The first-order valence-electron chi connectivity index (χ1n) is 11.5. The van der Waals surface area contributed by atoms with Crippen LogP contribution in [0.5, 0.6) is 0 Å². The van der Waals surface area contributed by atoms with E-state index >= 15 is 0 Å².